The van der Waals surface area contributed by atoms with Crippen LogP contribution >= 0.6 is 27.5 Å². The maximum atomic E-state index is 11.9. The molecule has 0 spiro atoms. The smallest absolute Gasteiger partial charge is 0.257 e. The number of carbonyl (C=O) groups excluding carboxylic acids is 3. The molecule has 3 amide bonds. The highest BCUT2D eigenvalue weighted by Crippen LogP contribution is 2.14. The standard InChI is InChI=1S/C14H16BrClN4O3/c15-8-5-11(17-6-8)14(23)20-19-12(21)7-18-13(22)9-3-1-2-4-10(9)16/h1-4,8,11,17H,5-7H2,(H,18,22)(H,19,21)(H,20,23). The summed E-state index contributed by atoms with van der Waals surface area (Å²) in [7, 11) is 0. The molecule has 124 valence electrons. The first-order chi connectivity index (χ1) is 11.0. The van der Waals surface area contributed by atoms with Crippen molar-refractivity contribution in [3.8, 4) is 0 Å². The van der Waals surface area contributed by atoms with Crippen LogP contribution in [0.15, 0.2) is 24.3 Å². The number of halogens is 2. The second-order valence-corrected chi connectivity index (χ2v) is 6.70. The lowest BCUT2D eigenvalue weighted by Gasteiger charge is -2.12. The molecule has 7 nitrogen and oxygen atoms in total. The van der Waals surface area contributed by atoms with Crippen molar-refractivity contribution < 1.29 is 14.4 Å². The van der Waals surface area contributed by atoms with Gasteiger partial charge in [-0.1, -0.05) is 39.7 Å². The molecular weight excluding hydrogens is 388 g/mol. The average molecular weight is 404 g/mol. The molecule has 0 aliphatic carbocycles. The number of hydrogen-bond acceptors (Lipinski definition) is 4. The van der Waals surface area contributed by atoms with Gasteiger partial charge in [0.25, 0.3) is 17.7 Å². The molecule has 1 heterocycles. The summed E-state index contributed by atoms with van der Waals surface area (Å²) in [4.78, 5) is 35.5. The maximum Gasteiger partial charge on any atom is 0.257 e. The van der Waals surface area contributed by atoms with Crippen LogP contribution in [0.4, 0.5) is 0 Å². The molecule has 1 fully saturated rings. The average Bonchev–Trinajstić information content (AvgIpc) is 2.97. The maximum absolute atomic E-state index is 11.9. The van der Waals surface area contributed by atoms with Gasteiger partial charge in [0.15, 0.2) is 0 Å². The molecule has 1 aromatic rings. The van der Waals surface area contributed by atoms with Gasteiger partial charge < -0.3 is 10.6 Å². The molecule has 4 N–H and O–H groups in total. The van der Waals surface area contributed by atoms with Gasteiger partial charge in [-0.2, -0.15) is 0 Å². The monoisotopic (exact) mass is 402 g/mol. The van der Waals surface area contributed by atoms with Crippen LogP contribution < -0.4 is 21.5 Å². The molecule has 23 heavy (non-hydrogen) atoms. The molecule has 2 atom stereocenters. The summed E-state index contributed by atoms with van der Waals surface area (Å²) >= 11 is 9.30. The lowest BCUT2D eigenvalue weighted by molar-refractivity contribution is -0.129. The van der Waals surface area contributed by atoms with Gasteiger partial charge in [-0.25, -0.2) is 0 Å². The Bertz CT molecular complexity index is 613. The lowest BCUT2D eigenvalue weighted by Crippen LogP contribution is -2.51. The Morgan fingerprint density at radius 2 is 2.00 bits per heavy atom. The Hall–Kier alpha value is -1.64. The van der Waals surface area contributed by atoms with E-state index in [2.05, 4.69) is 37.4 Å². The Balaban J connectivity index is 1.72. The highest BCUT2D eigenvalue weighted by Gasteiger charge is 2.27. The Labute approximate surface area is 146 Å². The molecule has 2 rings (SSSR count). The fourth-order valence-corrected chi connectivity index (χ4v) is 2.84. The van der Waals surface area contributed by atoms with Gasteiger partial charge in [0.2, 0.25) is 0 Å². The van der Waals surface area contributed by atoms with E-state index in [1.54, 1.807) is 24.3 Å². The first-order valence-electron chi connectivity index (χ1n) is 6.96. The molecule has 0 radical (unpaired) electrons. The molecule has 0 aromatic heterocycles. The molecule has 1 aliphatic heterocycles. The van der Waals surface area contributed by atoms with Gasteiger partial charge >= 0.3 is 0 Å². The SMILES string of the molecule is O=C(CNC(=O)c1ccccc1Cl)NNC(=O)C1CC(Br)CN1. The van der Waals surface area contributed by atoms with Crippen molar-refractivity contribution in [2.45, 2.75) is 17.3 Å². The van der Waals surface area contributed by atoms with Crippen molar-refractivity contribution in [3.05, 3.63) is 34.9 Å². The molecular formula is C14H16BrClN4O3. The molecule has 1 aromatic carbocycles. The van der Waals surface area contributed by atoms with E-state index in [1.165, 1.54) is 0 Å². The van der Waals surface area contributed by atoms with Crippen molar-refractivity contribution in [1.82, 2.24) is 21.5 Å². The number of benzene rings is 1. The van der Waals surface area contributed by atoms with E-state index in [0.717, 1.165) is 0 Å². The summed E-state index contributed by atoms with van der Waals surface area (Å²) in [5.74, 6) is -1.32. The minimum absolute atomic E-state index is 0.240. The van der Waals surface area contributed by atoms with E-state index in [1.807, 2.05) is 0 Å². The predicted molar refractivity (Wildman–Crippen MR) is 89.2 cm³/mol. The van der Waals surface area contributed by atoms with Crippen LogP contribution in [0.2, 0.25) is 5.02 Å². The molecule has 1 aliphatic rings. The van der Waals surface area contributed by atoms with E-state index in [0.29, 0.717) is 18.0 Å². The molecule has 0 saturated carbocycles. The Morgan fingerprint density at radius 1 is 1.26 bits per heavy atom. The van der Waals surface area contributed by atoms with E-state index in [-0.39, 0.29) is 28.9 Å². The zero-order chi connectivity index (χ0) is 16.8. The molecule has 2 unspecified atom stereocenters. The molecule has 0 bridgehead atoms. The van der Waals surface area contributed by atoms with E-state index in [9.17, 15) is 14.4 Å². The number of hydrazine groups is 1. The third kappa shape index (κ3) is 5.19. The summed E-state index contributed by atoms with van der Waals surface area (Å²) in [5.41, 5.74) is 4.86. The molecule has 1 saturated heterocycles. The summed E-state index contributed by atoms with van der Waals surface area (Å²) in [6, 6.07) is 6.17. The van der Waals surface area contributed by atoms with E-state index < -0.39 is 11.8 Å². The highest BCUT2D eigenvalue weighted by atomic mass is 79.9. The number of amides is 3. The van der Waals surface area contributed by atoms with Gasteiger partial charge in [-0.3, -0.25) is 25.2 Å². The first kappa shape index (κ1) is 17.7. The zero-order valence-corrected chi connectivity index (χ0v) is 14.4. The van der Waals surface area contributed by atoms with Gasteiger partial charge in [-0.05, 0) is 18.6 Å². The van der Waals surface area contributed by atoms with E-state index >= 15 is 0 Å². The summed E-state index contributed by atoms with van der Waals surface area (Å²) < 4.78 is 0. The normalized spacial score (nSPS) is 19.9. The topological polar surface area (TPSA) is 99.3 Å². The van der Waals surface area contributed by atoms with Crippen molar-refractivity contribution in [1.29, 1.82) is 0 Å². The van der Waals surface area contributed by atoms with Crippen LogP contribution in [0.1, 0.15) is 16.8 Å². The van der Waals surface area contributed by atoms with Crippen LogP contribution in [0.25, 0.3) is 0 Å². The minimum Gasteiger partial charge on any atom is -0.343 e. The van der Waals surface area contributed by atoms with Crippen LogP contribution in [-0.4, -0.2) is 41.7 Å². The van der Waals surface area contributed by atoms with Crippen LogP contribution in [0, 0.1) is 0 Å². The largest absolute Gasteiger partial charge is 0.343 e. The minimum atomic E-state index is -0.535. The summed E-state index contributed by atoms with van der Waals surface area (Å²) in [6.45, 7) is 0.420. The third-order valence-electron chi connectivity index (χ3n) is 3.25. The Kier molecular flexibility index (Phi) is 6.37. The fraction of sp³-hybridized carbons (Fsp3) is 0.357. The van der Waals surface area contributed by atoms with Gasteiger partial charge in [0.1, 0.15) is 0 Å². The number of rotatable bonds is 4. The van der Waals surface area contributed by atoms with Crippen molar-refractivity contribution >= 4 is 45.3 Å². The van der Waals surface area contributed by atoms with Crippen LogP contribution in [0.5, 0.6) is 0 Å². The second-order valence-electron chi connectivity index (χ2n) is 4.99. The number of nitrogens with one attached hydrogen (secondary N) is 4. The first-order valence-corrected chi connectivity index (χ1v) is 8.25. The van der Waals surface area contributed by atoms with Crippen molar-refractivity contribution in [2.24, 2.45) is 0 Å². The zero-order valence-electron chi connectivity index (χ0n) is 12.1. The predicted octanol–water partition coefficient (Wildman–Crippen LogP) is 0.343. The van der Waals surface area contributed by atoms with Gasteiger partial charge in [0, 0.05) is 11.4 Å². The van der Waals surface area contributed by atoms with Crippen LogP contribution in [-0.2, 0) is 9.59 Å². The molecule has 9 heteroatoms. The van der Waals surface area contributed by atoms with Crippen molar-refractivity contribution in [2.75, 3.05) is 13.1 Å². The van der Waals surface area contributed by atoms with Crippen molar-refractivity contribution in [3.63, 3.8) is 0 Å². The van der Waals surface area contributed by atoms with Gasteiger partial charge in [0.05, 0.1) is 23.2 Å². The highest BCUT2D eigenvalue weighted by molar-refractivity contribution is 9.09. The second kappa shape index (κ2) is 8.28. The summed E-state index contributed by atoms with van der Waals surface area (Å²) in [5, 5.41) is 5.74. The Morgan fingerprint density at radius 3 is 2.65 bits per heavy atom. The third-order valence-corrected chi connectivity index (χ3v) is 4.27. The summed E-state index contributed by atoms with van der Waals surface area (Å²) in [6.07, 6.45) is 0.644. The number of alkyl halides is 1. The fourth-order valence-electron chi connectivity index (χ4n) is 2.06. The van der Waals surface area contributed by atoms with Crippen LogP contribution in [0.3, 0.4) is 0 Å². The number of hydrogen-bond donors (Lipinski definition) is 4. The number of carbonyl (C=O) groups is 3. The van der Waals surface area contributed by atoms with Gasteiger partial charge in [-0.15, -0.1) is 0 Å². The quantitative estimate of drug-likeness (QED) is 0.430. The lowest BCUT2D eigenvalue weighted by atomic mass is 10.2. The van der Waals surface area contributed by atoms with E-state index in [4.69, 9.17) is 11.6 Å².